The summed E-state index contributed by atoms with van der Waals surface area (Å²) in [5.41, 5.74) is 7.48. The number of carbonyl (C=O) groups excluding carboxylic acids is 1. The van der Waals surface area contributed by atoms with Gasteiger partial charge in [-0.2, -0.15) is 5.10 Å². The van der Waals surface area contributed by atoms with Crippen LogP contribution in [0, 0.1) is 6.92 Å². The number of hydrogen-bond acceptors (Lipinski definition) is 4. The molecule has 1 N–H and O–H groups in total. The van der Waals surface area contributed by atoms with Crippen LogP contribution in [0.2, 0.25) is 10.0 Å². The van der Waals surface area contributed by atoms with Crippen molar-refractivity contribution < 1.29 is 4.79 Å². The van der Waals surface area contributed by atoms with Gasteiger partial charge in [-0.3, -0.25) is 4.79 Å². The number of amides is 1. The molecule has 0 unspecified atom stereocenters. The molecule has 0 spiro atoms. The van der Waals surface area contributed by atoms with E-state index in [-0.39, 0.29) is 11.7 Å². The summed E-state index contributed by atoms with van der Waals surface area (Å²) in [7, 11) is 0. The van der Waals surface area contributed by atoms with E-state index in [4.69, 9.17) is 28.2 Å². The highest BCUT2D eigenvalue weighted by Gasteiger charge is 2.13. The first-order valence-electron chi connectivity index (χ1n) is 9.91. The summed E-state index contributed by atoms with van der Waals surface area (Å²) < 4.78 is 2.13. The zero-order chi connectivity index (χ0) is 22.5. The van der Waals surface area contributed by atoms with Crippen LogP contribution in [-0.2, 0) is 11.3 Å². The van der Waals surface area contributed by atoms with Gasteiger partial charge in [0, 0.05) is 5.56 Å². The number of hydrogen-bond donors (Lipinski definition) is 1. The summed E-state index contributed by atoms with van der Waals surface area (Å²) in [6.45, 7) is 2.75. The molecule has 0 aliphatic heterocycles. The summed E-state index contributed by atoms with van der Waals surface area (Å²) in [6.07, 6.45) is 1.48. The largest absolute Gasteiger partial charge is 0.314 e. The predicted molar refractivity (Wildman–Crippen MR) is 133 cm³/mol. The SMILES string of the molecule is Cc1ccc(Cn2c(SCC(=O)N/N=C/c3cccc(Cl)c3Cl)nc3ccccc32)cc1. The molecule has 162 valence electrons. The lowest BCUT2D eigenvalue weighted by molar-refractivity contribution is -0.118. The van der Waals surface area contributed by atoms with Crippen molar-refractivity contribution >= 4 is 58.1 Å². The highest BCUT2D eigenvalue weighted by atomic mass is 35.5. The van der Waals surface area contributed by atoms with Crippen molar-refractivity contribution in [3.05, 3.63) is 93.5 Å². The number of imidazole rings is 1. The van der Waals surface area contributed by atoms with Crippen LogP contribution in [0.15, 0.2) is 77.0 Å². The quantitative estimate of drug-likeness (QED) is 0.201. The van der Waals surface area contributed by atoms with E-state index < -0.39 is 0 Å². The second-order valence-electron chi connectivity index (χ2n) is 7.18. The van der Waals surface area contributed by atoms with E-state index in [0.717, 1.165) is 16.2 Å². The number of benzene rings is 3. The average molecular weight is 483 g/mol. The minimum Gasteiger partial charge on any atom is -0.314 e. The van der Waals surface area contributed by atoms with Crippen LogP contribution in [0.5, 0.6) is 0 Å². The van der Waals surface area contributed by atoms with Crippen LogP contribution in [0.3, 0.4) is 0 Å². The maximum atomic E-state index is 12.3. The van der Waals surface area contributed by atoms with Gasteiger partial charge >= 0.3 is 0 Å². The molecule has 0 saturated carbocycles. The highest BCUT2D eigenvalue weighted by Crippen LogP contribution is 2.26. The molecule has 8 heteroatoms. The summed E-state index contributed by atoms with van der Waals surface area (Å²) in [5, 5.41) is 5.60. The van der Waals surface area contributed by atoms with Gasteiger partial charge in [0.15, 0.2) is 5.16 Å². The van der Waals surface area contributed by atoms with E-state index >= 15 is 0 Å². The molecule has 1 aromatic heterocycles. The first kappa shape index (κ1) is 22.4. The molecule has 1 heterocycles. The Morgan fingerprint density at radius 2 is 1.88 bits per heavy atom. The second-order valence-corrected chi connectivity index (χ2v) is 8.91. The molecule has 1 amide bonds. The second kappa shape index (κ2) is 10.2. The average Bonchev–Trinajstić information content (AvgIpc) is 3.14. The fourth-order valence-corrected chi connectivity index (χ4v) is 4.31. The van der Waals surface area contributed by atoms with Crippen molar-refractivity contribution in [2.24, 2.45) is 5.10 Å². The van der Waals surface area contributed by atoms with Crippen LogP contribution < -0.4 is 5.43 Å². The molecule has 0 fully saturated rings. The molecule has 32 heavy (non-hydrogen) atoms. The summed E-state index contributed by atoms with van der Waals surface area (Å²) in [5.74, 6) is -0.0592. The number of aryl methyl sites for hydroxylation is 1. The maximum absolute atomic E-state index is 12.3. The minimum atomic E-state index is -0.238. The molecule has 3 aromatic carbocycles. The van der Waals surface area contributed by atoms with Crippen molar-refractivity contribution in [1.29, 1.82) is 0 Å². The lowest BCUT2D eigenvalue weighted by atomic mass is 10.1. The number of carbonyl (C=O) groups is 1. The Labute approximate surface area is 200 Å². The van der Waals surface area contributed by atoms with Gasteiger partial charge in [0.25, 0.3) is 5.91 Å². The molecule has 0 saturated heterocycles. The standard InChI is InChI=1S/C24H20Cl2N4OS/c1-16-9-11-17(12-10-16)14-30-21-8-3-2-7-20(21)28-24(30)32-15-22(31)29-27-13-18-5-4-6-19(25)23(18)26/h2-13H,14-15H2,1H3,(H,29,31)/b27-13+. The molecule has 0 atom stereocenters. The van der Waals surface area contributed by atoms with Crippen molar-refractivity contribution in [2.45, 2.75) is 18.6 Å². The van der Waals surface area contributed by atoms with Gasteiger partial charge < -0.3 is 4.57 Å². The third-order valence-corrected chi connectivity index (χ3v) is 6.60. The Balaban J connectivity index is 1.45. The monoisotopic (exact) mass is 482 g/mol. The molecule has 4 aromatic rings. The number of nitrogens with zero attached hydrogens (tertiary/aromatic N) is 3. The fourth-order valence-electron chi connectivity index (χ4n) is 3.15. The number of rotatable bonds is 7. The third-order valence-electron chi connectivity index (χ3n) is 4.79. The molecule has 4 rings (SSSR count). The summed E-state index contributed by atoms with van der Waals surface area (Å²) in [6, 6.07) is 21.6. The first-order chi connectivity index (χ1) is 15.5. The van der Waals surface area contributed by atoms with Crippen LogP contribution in [0.1, 0.15) is 16.7 Å². The van der Waals surface area contributed by atoms with Gasteiger partial charge in [0.2, 0.25) is 0 Å². The fraction of sp³-hybridized carbons (Fsp3) is 0.125. The topological polar surface area (TPSA) is 59.3 Å². The number of thioether (sulfide) groups is 1. The van der Waals surface area contributed by atoms with Gasteiger partial charge in [-0.15, -0.1) is 0 Å². The van der Waals surface area contributed by atoms with Gasteiger partial charge in [-0.1, -0.05) is 89.1 Å². The van der Waals surface area contributed by atoms with E-state index in [2.05, 4.69) is 46.3 Å². The van der Waals surface area contributed by atoms with Crippen molar-refractivity contribution in [2.75, 3.05) is 5.75 Å². The lowest BCUT2D eigenvalue weighted by Gasteiger charge is -2.09. The van der Waals surface area contributed by atoms with Crippen LogP contribution >= 0.6 is 35.0 Å². The van der Waals surface area contributed by atoms with Crippen molar-refractivity contribution in [3.63, 3.8) is 0 Å². The highest BCUT2D eigenvalue weighted by molar-refractivity contribution is 7.99. The van der Waals surface area contributed by atoms with Gasteiger partial charge in [0.1, 0.15) is 0 Å². The van der Waals surface area contributed by atoms with Crippen LogP contribution in [-0.4, -0.2) is 27.4 Å². The first-order valence-corrected chi connectivity index (χ1v) is 11.6. The summed E-state index contributed by atoms with van der Waals surface area (Å²) >= 11 is 13.5. The Morgan fingerprint density at radius 1 is 1.09 bits per heavy atom. The summed E-state index contributed by atoms with van der Waals surface area (Å²) in [4.78, 5) is 17.1. The molecular weight excluding hydrogens is 463 g/mol. The maximum Gasteiger partial charge on any atom is 0.250 e. The normalized spacial score (nSPS) is 11.3. The Bertz CT molecular complexity index is 1290. The van der Waals surface area contributed by atoms with Gasteiger partial charge in [-0.05, 0) is 30.7 Å². The molecule has 0 radical (unpaired) electrons. The number of nitrogens with one attached hydrogen (secondary N) is 1. The molecule has 0 bridgehead atoms. The van der Waals surface area contributed by atoms with E-state index in [1.54, 1.807) is 18.2 Å². The number of fused-ring (bicyclic) bond motifs is 1. The number of hydrazone groups is 1. The van der Waals surface area contributed by atoms with Gasteiger partial charge in [-0.25, -0.2) is 10.4 Å². The minimum absolute atomic E-state index is 0.178. The number of aromatic nitrogens is 2. The van der Waals surface area contributed by atoms with Crippen molar-refractivity contribution in [3.8, 4) is 0 Å². The molecule has 0 aliphatic rings. The van der Waals surface area contributed by atoms with E-state index in [1.807, 2.05) is 24.3 Å². The van der Waals surface area contributed by atoms with Crippen LogP contribution in [0.4, 0.5) is 0 Å². The number of halogens is 2. The number of para-hydroxylation sites is 2. The van der Waals surface area contributed by atoms with E-state index in [0.29, 0.717) is 22.2 Å². The molecule has 5 nitrogen and oxygen atoms in total. The zero-order valence-corrected chi connectivity index (χ0v) is 19.6. The zero-order valence-electron chi connectivity index (χ0n) is 17.3. The third kappa shape index (κ3) is 5.33. The van der Waals surface area contributed by atoms with E-state index in [9.17, 15) is 4.79 Å². The van der Waals surface area contributed by atoms with Crippen LogP contribution in [0.25, 0.3) is 11.0 Å². The van der Waals surface area contributed by atoms with Crippen molar-refractivity contribution in [1.82, 2.24) is 15.0 Å². The molecule has 0 aliphatic carbocycles. The lowest BCUT2D eigenvalue weighted by Crippen LogP contribution is -2.20. The Morgan fingerprint density at radius 3 is 2.69 bits per heavy atom. The van der Waals surface area contributed by atoms with Gasteiger partial charge in [0.05, 0.1) is 39.6 Å². The van der Waals surface area contributed by atoms with E-state index in [1.165, 1.54) is 29.1 Å². The molecular formula is C24H20Cl2N4OS. The Hall–Kier alpha value is -2.80. The smallest absolute Gasteiger partial charge is 0.250 e. The Kier molecular flexibility index (Phi) is 7.15. The predicted octanol–water partition coefficient (Wildman–Crippen LogP) is 5.94.